The third-order valence-corrected chi connectivity index (χ3v) is 3.85. The monoisotopic (exact) mass is 332 g/mol. The number of esters is 1. The van der Waals surface area contributed by atoms with Gasteiger partial charge in [-0.15, -0.1) is 11.3 Å². The molecule has 0 N–H and O–H groups in total. The van der Waals surface area contributed by atoms with Gasteiger partial charge in [0.2, 0.25) is 0 Å². The summed E-state index contributed by atoms with van der Waals surface area (Å²) in [6.45, 7) is 0. The number of rotatable bonds is 2. The topological polar surface area (TPSA) is 52.1 Å². The van der Waals surface area contributed by atoms with Crippen LogP contribution in [0.1, 0.15) is 10.4 Å². The van der Waals surface area contributed by atoms with Crippen molar-refractivity contribution in [2.24, 2.45) is 0 Å². The van der Waals surface area contributed by atoms with E-state index >= 15 is 0 Å². The van der Waals surface area contributed by atoms with Crippen LogP contribution in [0, 0.1) is 0 Å². The molecular formula is C10H6BrClN2O2S. The standard InChI is InChI=1S/C10H6BrClN2O2S/c1-16-10(15)5-4-13-9(14-8(5)12)6-2-3-7(11)17-6/h2-4H,1H3. The van der Waals surface area contributed by atoms with Crippen LogP contribution in [-0.4, -0.2) is 23.0 Å². The molecule has 0 saturated heterocycles. The van der Waals surface area contributed by atoms with Crippen molar-refractivity contribution < 1.29 is 9.53 Å². The Morgan fingerprint density at radius 2 is 2.29 bits per heavy atom. The molecule has 7 heteroatoms. The van der Waals surface area contributed by atoms with Crippen molar-refractivity contribution in [2.45, 2.75) is 0 Å². The van der Waals surface area contributed by atoms with Crippen molar-refractivity contribution in [3.8, 4) is 10.7 Å². The molecule has 2 heterocycles. The zero-order valence-electron chi connectivity index (χ0n) is 8.61. The number of carbonyl (C=O) groups is 1. The molecule has 2 aromatic rings. The molecule has 4 nitrogen and oxygen atoms in total. The normalized spacial score (nSPS) is 10.3. The second-order valence-electron chi connectivity index (χ2n) is 2.99. The smallest absolute Gasteiger partial charge is 0.342 e. The zero-order valence-corrected chi connectivity index (χ0v) is 11.8. The third kappa shape index (κ3) is 2.65. The van der Waals surface area contributed by atoms with E-state index in [9.17, 15) is 4.79 Å². The van der Waals surface area contributed by atoms with Gasteiger partial charge in [-0.1, -0.05) is 11.6 Å². The molecule has 0 spiro atoms. The van der Waals surface area contributed by atoms with Gasteiger partial charge in [0.25, 0.3) is 0 Å². The molecule has 2 rings (SSSR count). The number of hydrogen-bond acceptors (Lipinski definition) is 5. The number of hydrogen-bond donors (Lipinski definition) is 0. The lowest BCUT2D eigenvalue weighted by atomic mass is 10.3. The van der Waals surface area contributed by atoms with Crippen molar-refractivity contribution in [2.75, 3.05) is 7.11 Å². The van der Waals surface area contributed by atoms with Gasteiger partial charge in [-0.05, 0) is 28.1 Å². The number of methoxy groups -OCH3 is 1. The Morgan fingerprint density at radius 1 is 1.53 bits per heavy atom. The van der Waals surface area contributed by atoms with E-state index in [-0.39, 0.29) is 10.7 Å². The lowest BCUT2D eigenvalue weighted by Gasteiger charge is -2.02. The molecule has 88 valence electrons. The lowest BCUT2D eigenvalue weighted by Crippen LogP contribution is -2.04. The summed E-state index contributed by atoms with van der Waals surface area (Å²) < 4.78 is 5.53. The lowest BCUT2D eigenvalue weighted by molar-refractivity contribution is 0.0600. The quantitative estimate of drug-likeness (QED) is 0.624. The molecule has 2 aromatic heterocycles. The Labute approximate surface area is 115 Å². The van der Waals surface area contributed by atoms with E-state index in [1.807, 2.05) is 12.1 Å². The summed E-state index contributed by atoms with van der Waals surface area (Å²) in [6.07, 6.45) is 1.37. The van der Waals surface area contributed by atoms with Crippen LogP contribution in [0.15, 0.2) is 22.1 Å². The Morgan fingerprint density at radius 3 is 2.82 bits per heavy atom. The third-order valence-electron chi connectivity index (χ3n) is 1.94. The minimum Gasteiger partial charge on any atom is -0.465 e. The largest absolute Gasteiger partial charge is 0.465 e. The molecule has 0 unspecified atom stereocenters. The van der Waals surface area contributed by atoms with E-state index < -0.39 is 5.97 Å². The van der Waals surface area contributed by atoms with Crippen molar-refractivity contribution in [1.29, 1.82) is 0 Å². The van der Waals surface area contributed by atoms with Crippen molar-refractivity contribution in [3.63, 3.8) is 0 Å². The van der Waals surface area contributed by atoms with Gasteiger partial charge in [-0.3, -0.25) is 0 Å². The Hall–Kier alpha value is -0.980. The maximum absolute atomic E-state index is 11.3. The van der Waals surface area contributed by atoms with Gasteiger partial charge in [0, 0.05) is 6.20 Å². The van der Waals surface area contributed by atoms with Crippen LogP contribution in [-0.2, 0) is 4.74 Å². The van der Waals surface area contributed by atoms with E-state index in [0.717, 1.165) is 8.66 Å². The van der Waals surface area contributed by atoms with Crippen LogP contribution in [0.2, 0.25) is 5.15 Å². The molecule has 0 aliphatic carbocycles. The molecule has 0 aliphatic heterocycles. The number of nitrogens with zero attached hydrogens (tertiary/aromatic N) is 2. The van der Waals surface area contributed by atoms with Gasteiger partial charge < -0.3 is 4.74 Å². The first-order chi connectivity index (χ1) is 8.11. The van der Waals surface area contributed by atoms with Crippen molar-refractivity contribution >= 4 is 44.8 Å². The Bertz CT molecular complexity index is 573. The van der Waals surface area contributed by atoms with Crippen LogP contribution in [0.25, 0.3) is 10.7 Å². The van der Waals surface area contributed by atoms with Crippen LogP contribution >= 0.6 is 38.9 Å². The fourth-order valence-corrected chi connectivity index (χ4v) is 2.69. The molecule has 0 bridgehead atoms. The van der Waals surface area contributed by atoms with Crippen LogP contribution in [0.5, 0.6) is 0 Å². The summed E-state index contributed by atoms with van der Waals surface area (Å²) in [4.78, 5) is 20.3. The average molecular weight is 334 g/mol. The van der Waals surface area contributed by atoms with E-state index in [4.69, 9.17) is 11.6 Å². The number of carbonyl (C=O) groups excluding carboxylic acids is 1. The molecular weight excluding hydrogens is 328 g/mol. The average Bonchev–Trinajstić information content (AvgIpc) is 2.75. The number of ether oxygens (including phenoxy) is 1. The van der Waals surface area contributed by atoms with Crippen molar-refractivity contribution in [3.05, 3.63) is 32.8 Å². The minimum absolute atomic E-state index is 0.0892. The van der Waals surface area contributed by atoms with Gasteiger partial charge in [0.05, 0.1) is 15.8 Å². The molecule has 17 heavy (non-hydrogen) atoms. The number of aromatic nitrogens is 2. The summed E-state index contributed by atoms with van der Waals surface area (Å²) in [5, 5.41) is 0.0892. The van der Waals surface area contributed by atoms with Crippen molar-refractivity contribution in [1.82, 2.24) is 9.97 Å². The Balaban J connectivity index is 2.40. The Kier molecular flexibility index (Phi) is 3.76. The molecule has 0 amide bonds. The summed E-state index contributed by atoms with van der Waals surface area (Å²) in [5.41, 5.74) is 0.161. The maximum Gasteiger partial charge on any atom is 0.342 e. The van der Waals surface area contributed by atoms with E-state index in [1.54, 1.807) is 0 Å². The molecule has 0 aliphatic rings. The van der Waals surface area contributed by atoms with Crippen LogP contribution < -0.4 is 0 Å². The predicted octanol–water partition coefficient (Wildman–Crippen LogP) is 3.41. The highest BCUT2D eigenvalue weighted by atomic mass is 79.9. The van der Waals surface area contributed by atoms with E-state index in [0.29, 0.717) is 5.82 Å². The van der Waals surface area contributed by atoms with Gasteiger partial charge in [0.15, 0.2) is 5.82 Å². The van der Waals surface area contributed by atoms with Gasteiger partial charge >= 0.3 is 5.97 Å². The molecule has 0 atom stereocenters. The zero-order chi connectivity index (χ0) is 12.4. The van der Waals surface area contributed by atoms with E-state index in [1.165, 1.54) is 24.6 Å². The van der Waals surface area contributed by atoms with Gasteiger partial charge in [-0.2, -0.15) is 0 Å². The molecule has 0 aromatic carbocycles. The summed E-state index contributed by atoms with van der Waals surface area (Å²) in [5.74, 6) is -0.0627. The molecule has 0 radical (unpaired) electrons. The summed E-state index contributed by atoms with van der Waals surface area (Å²) >= 11 is 10.7. The number of thiophene rings is 1. The first-order valence-electron chi connectivity index (χ1n) is 4.48. The summed E-state index contributed by atoms with van der Waals surface area (Å²) in [7, 11) is 1.28. The first kappa shape index (κ1) is 12.5. The second-order valence-corrected chi connectivity index (χ2v) is 5.81. The SMILES string of the molecule is COC(=O)c1cnc(-c2ccc(Br)s2)nc1Cl. The van der Waals surface area contributed by atoms with Gasteiger partial charge in [-0.25, -0.2) is 14.8 Å². The van der Waals surface area contributed by atoms with E-state index in [2.05, 4.69) is 30.6 Å². The molecule has 0 fully saturated rings. The number of halogens is 2. The fourth-order valence-electron chi connectivity index (χ4n) is 1.16. The predicted molar refractivity (Wildman–Crippen MR) is 69.4 cm³/mol. The fraction of sp³-hybridized carbons (Fsp3) is 0.100. The highest BCUT2D eigenvalue weighted by molar-refractivity contribution is 9.11. The van der Waals surface area contributed by atoms with Crippen LogP contribution in [0.4, 0.5) is 0 Å². The molecule has 0 saturated carbocycles. The first-order valence-corrected chi connectivity index (χ1v) is 6.47. The van der Waals surface area contributed by atoms with Crippen LogP contribution in [0.3, 0.4) is 0 Å². The highest BCUT2D eigenvalue weighted by Crippen LogP contribution is 2.29. The highest BCUT2D eigenvalue weighted by Gasteiger charge is 2.14. The minimum atomic E-state index is -0.547. The maximum atomic E-state index is 11.3. The van der Waals surface area contributed by atoms with Gasteiger partial charge in [0.1, 0.15) is 10.7 Å². The summed E-state index contributed by atoms with van der Waals surface area (Å²) in [6, 6.07) is 3.77. The second kappa shape index (κ2) is 5.12.